The third-order valence-electron chi connectivity index (χ3n) is 3.70. The van der Waals surface area contributed by atoms with Crippen LogP contribution in [0.4, 0.5) is 0 Å². The van der Waals surface area contributed by atoms with E-state index in [1.165, 1.54) is 0 Å². The van der Waals surface area contributed by atoms with Crippen molar-refractivity contribution in [3.8, 4) is 5.75 Å². The Kier molecular flexibility index (Phi) is 4.63. The smallest absolute Gasteiger partial charge is 0.157 e. The molecule has 1 fully saturated rings. The maximum absolute atomic E-state index is 6.23. The van der Waals surface area contributed by atoms with Crippen LogP contribution in [0.1, 0.15) is 18.1 Å². The Bertz CT molecular complexity index is 580. The first kappa shape index (κ1) is 14.6. The molecule has 1 N–H and O–H groups in total. The van der Waals surface area contributed by atoms with E-state index in [2.05, 4.69) is 10.3 Å². The molecule has 110 valence electrons. The van der Waals surface area contributed by atoms with Gasteiger partial charge in [0, 0.05) is 30.4 Å². The van der Waals surface area contributed by atoms with E-state index in [9.17, 15) is 0 Å². The second-order valence-electron chi connectivity index (χ2n) is 5.13. The fourth-order valence-electron chi connectivity index (χ4n) is 2.64. The highest BCUT2D eigenvalue weighted by Gasteiger charge is 2.29. The summed E-state index contributed by atoms with van der Waals surface area (Å²) in [5.74, 6) is 0.920. The third-order valence-corrected chi connectivity index (χ3v) is 4.30. The zero-order valence-corrected chi connectivity index (χ0v) is 12.9. The number of pyridine rings is 1. The van der Waals surface area contributed by atoms with E-state index in [-0.39, 0.29) is 6.10 Å². The van der Waals surface area contributed by atoms with Crippen LogP contribution in [0.15, 0.2) is 42.7 Å². The summed E-state index contributed by atoms with van der Waals surface area (Å²) in [5, 5.41) is 4.43. The lowest BCUT2D eigenvalue weighted by Crippen LogP contribution is -2.21. The molecule has 5 heteroatoms. The Morgan fingerprint density at radius 3 is 2.62 bits per heavy atom. The van der Waals surface area contributed by atoms with E-state index in [0.717, 1.165) is 25.1 Å². The van der Waals surface area contributed by atoms with Crippen molar-refractivity contribution in [2.24, 2.45) is 5.92 Å². The minimum atomic E-state index is -0.105. The van der Waals surface area contributed by atoms with Crippen LogP contribution in [0.5, 0.6) is 5.75 Å². The molecule has 1 aliphatic rings. The molecule has 0 bridgehead atoms. The van der Waals surface area contributed by atoms with Gasteiger partial charge in [-0.15, -0.1) is 0 Å². The molecule has 2 heterocycles. The minimum Gasteiger partial charge on any atom is -0.482 e. The second-order valence-corrected chi connectivity index (χ2v) is 5.94. The van der Waals surface area contributed by atoms with Crippen molar-refractivity contribution < 1.29 is 4.74 Å². The summed E-state index contributed by atoms with van der Waals surface area (Å²) in [6.45, 7) is 1.92. The van der Waals surface area contributed by atoms with Gasteiger partial charge in [0.15, 0.2) is 5.75 Å². The summed E-state index contributed by atoms with van der Waals surface area (Å²) >= 11 is 12.5. The van der Waals surface area contributed by atoms with Crippen molar-refractivity contribution in [1.82, 2.24) is 10.3 Å². The van der Waals surface area contributed by atoms with Crippen LogP contribution < -0.4 is 10.1 Å². The van der Waals surface area contributed by atoms with E-state index in [1.54, 1.807) is 18.3 Å². The number of nitrogens with zero attached hydrogens (tertiary/aromatic N) is 1. The van der Waals surface area contributed by atoms with E-state index in [1.807, 2.05) is 24.4 Å². The minimum absolute atomic E-state index is 0.105. The second kappa shape index (κ2) is 6.65. The molecule has 2 atom stereocenters. The van der Waals surface area contributed by atoms with Crippen LogP contribution in [-0.4, -0.2) is 18.1 Å². The van der Waals surface area contributed by atoms with Gasteiger partial charge in [-0.3, -0.25) is 4.98 Å². The van der Waals surface area contributed by atoms with Crippen molar-refractivity contribution in [2.75, 3.05) is 13.1 Å². The molecule has 1 saturated heterocycles. The lowest BCUT2D eigenvalue weighted by atomic mass is 9.96. The molecule has 2 aromatic rings. The van der Waals surface area contributed by atoms with Gasteiger partial charge in [-0.1, -0.05) is 35.3 Å². The van der Waals surface area contributed by atoms with Gasteiger partial charge in [0.2, 0.25) is 0 Å². The van der Waals surface area contributed by atoms with Gasteiger partial charge >= 0.3 is 0 Å². The summed E-state index contributed by atoms with van der Waals surface area (Å²) in [6, 6.07) is 9.34. The zero-order chi connectivity index (χ0) is 14.7. The van der Waals surface area contributed by atoms with Crippen LogP contribution in [0.2, 0.25) is 10.0 Å². The molecule has 0 radical (unpaired) electrons. The zero-order valence-electron chi connectivity index (χ0n) is 11.4. The van der Waals surface area contributed by atoms with Gasteiger partial charge in [0.05, 0.1) is 10.0 Å². The number of nitrogens with one attached hydrogen (secondary N) is 1. The normalized spacial score (nSPS) is 19.4. The quantitative estimate of drug-likeness (QED) is 0.919. The van der Waals surface area contributed by atoms with Crippen LogP contribution in [-0.2, 0) is 0 Å². The number of ether oxygens (including phenoxy) is 1. The summed E-state index contributed by atoms with van der Waals surface area (Å²) in [5.41, 5.74) is 1.04. The number of halogens is 2. The highest BCUT2D eigenvalue weighted by molar-refractivity contribution is 6.37. The molecule has 1 aromatic heterocycles. The Morgan fingerprint density at radius 1 is 1.19 bits per heavy atom. The average molecular weight is 323 g/mol. The number of benzene rings is 1. The van der Waals surface area contributed by atoms with E-state index in [4.69, 9.17) is 27.9 Å². The van der Waals surface area contributed by atoms with Crippen molar-refractivity contribution >= 4 is 23.2 Å². The number of para-hydroxylation sites is 1. The molecule has 0 aliphatic carbocycles. The predicted octanol–water partition coefficient (Wildman–Crippen LogP) is 4.12. The Hall–Kier alpha value is -1.29. The molecule has 0 saturated carbocycles. The van der Waals surface area contributed by atoms with Gasteiger partial charge in [-0.05, 0) is 31.2 Å². The van der Waals surface area contributed by atoms with Gasteiger partial charge in [0.1, 0.15) is 6.10 Å². The molecule has 1 aromatic carbocycles. The maximum Gasteiger partial charge on any atom is 0.157 e. The first-order valence-electron chi connectivity index (χ1n) is 6.97. The van der Waals surface area contributed by atoms with E-state index in [0.29, 0.717) is 21.7 Å². The monoisotopic (exact) mass is 322 g/mol. The SMILES string of the molecule is Clc1cccc(Cl)c1O[C@H](c1cccnc1)C1CCNC1. The van der Waals surface area contributed by atoms with Gasteiger partial charge in [-0.2, -0.15) is 0 Å². The molecule has 3 nitrogen and oxygen atoms in total. The van der Waals surface area contributed by atoms with Crippen molar-refractivity contribution in [1.29, 1.82) is 0 Å². The summed E-state index contributed by atoms with van der Waals surface area (Å²) in [4.78, 5) is 4.20. The number of rotatable bonds is 4. The molecule has 21 heavy (non-hydrogen) atoms. The van der Waals surface area contributed by atoms with Crippen LogP contribution >= 0.6 is 23.2 Å². The first-order chi connectivity index (χ1) is 10.3. The molecule has 3 rings (SSSR count). The summed E-state index contributed by atoms with van der Waals surface area (Å²) in [7, 11) is 0. The third kappa shape index (κ3) is 3.31. The van der Waals surface area contributed by atoms with E-state index >= 15 is 0 Å². The number of aromatic nitrogens is 1. The van der Waals surface area contributed by atoms with Crippen molar-refractivity contribution in [3.63, 3.8) is 0 Å². The maximum atomic E-state index is 6.23. The summed E-state index contributed by atoms with van der Waals surface area (Å²) < 4.78 is 6.20. The molecular formula is C16H16Cl2N2O. The lowest BCUT2D eigenvalue weighted by molar-refractivity contribution is 0.144. The molecule has 0 spiro atoms. The number of hydrogen-bond donors (Lipinski definition) is 1. The van der Waals surface area contributed by atoms with E-state index < -0.39 is 0 Å². The lowest BCUT2D eigenvalue weighted by Gasteiger charge is -2.25. The van der Waals surface area contributed by atoms with Crippen LogP contribution in [0, 0.1) is 5.92 Å². The Morgan fingerprint density at radius 2 is 2.00 bits per heavy atom. The summed E-state index contributed by atoms with van der Waals surface area (Å²) in [6.07, 6.45) is 4.55. The van der Waals surface area contributed by atoms with Gasteiger partial charge in [-0.25, -0.2) is 0 Å². The number of hydrogen-bond acceptors (Lipinski definition) is 3. The van der Waals surface area contributed by atoms with Gasteiger partial charge in [0.25, 0.3) is 0 Å². The average Bonchev–Trinajstić information content (AvgIpc) is 3.02. The molecular weight excluding hydrogens is 307 g/mol. The molecule has 1 aliphatic heterocycles. The highest BCUT2D eigenvalue weighted by Crippen LogP contribution is 2.39. The van der Waals surface area contributed by atoms with Crippen LogP contribution in [0.3, 0.4) is 0 Å². The topological polar surface area (TPSA) is 34.1 Å². The molecule has 1 unspecified atom stereocenters. The highest BCUT2D eigenvalue weighted by atomic mass is 35.5. The fourth-order valence-corrected chi connectivity index (χ4v) is 3.12. The van der Waals surface area contributed by atoms with Crippen LogP contribution in [0.25, 0.3) is 0 Å². The predicted molar refractivity (Wildman–Crippen MR) is 85.0 cm³/mol. The fraction of sp³-hybridized carbons (Fsp3) is 0.312. The van der Waals surface area contributed by atoms with Crippen molar-refractivity contribution in [2.45, 2.75) is 12.5 Å². The Labute approximate surface area is 134 Å². The standard InChI is InChI=1S/C16H16Cl2N2O/c17-13-4-1-5-14(18)16(13)21-15(12-6-8-20-10-12)11-3-2-7-19-9-11/h1-5,7,9,12,15,20H,6,8,10H2/t12?,15-/m1/s1. The van der Waals surface area contributed by atoms with Gasteiger partial charge < -0.3 is 10.1 Å². The Balaban J connectivity index is 1.92. The first-order valence-corrected chi connectivity index (χ1v) is 7.72. The van der Waals surface area contributed by atoms with Crippen molar-refractivity contribution in [3.05, 3.63) is 58.3 Å². The largest absolute Gasteiger partial charge is 0.482 e. The molecule has 0 amide bonds.